The van der Waals surface area contributed by atoms with Gasteiger partial charge in [-0.05, 0) is 18.6 Å². The van der Waals surface area contributed by atoms with Crippen LogP contribution in [0.4, 0.5) is 5.69 Å². The number of anilines is 1. The van der Waals surface area contributed by atoms with Crippen LogP contribution in [0.2, 0.25) is 5.02 Å². The number of rotatable bonds is 3. The third-order valence-electron chi connectivity index (χ3n) is 6.28. The summed E-state index contributed by atoms with van der Waals surface area (Å²) in [4.78, 5) is 54.9. The lowest BCUT2D eigenvalue weighted by Crippen LogP contribution is -2.51. The average molecular weight is 424 g/mol. The Hall–Kier alpha value is -2.83. The zero-order valence-electron chi connectivity index (χ0n) is 16.1. The molecule has 2 aliphatic heterocycles. The van der Waals surface area contributed by atoms with Gasteiger partial charge in [-0.2, -0.15) is 0 Å². The Bertz CT molecular complexity index is 1090. The number of para-hydroxylation sites is 1. The first kappa shape index (κ1) is 19.2. The van der Waals surface area contributed by atoms with Crippen LogP contribution in [0.1, 0.15) is 40.5 Å². The molecule has 2 saturated heterocycles. The molecule has 0 unspecified atom stereocenters. The molecule has 2 aromatic rings. The van der Waals surface area contributed by atoms with Crippen molar-refractivity contribution >= 4 is 40.7 Å². The van der Waals surface area contributed by atoms with E-state index in [0.29, 0.717) is 12.8 Å². The molecule has 2 fully saturated rings. The number of imide groups is 1. The summed E-state index contributed by atoms with van der Waals surface area (Å²) in [6, 6.07) is 13.0. The van der Waals surface area contributed by atoms with E-state index in [1.807, 2.05) is 6.92 Å². The van der Waals surface area contributed by atoms with Gasteiger partial charge in [0.25, 0.3) is 0 Å². The summed E-state index contributed by atoms with van der Waals surface area (Å²) in [5, 5.41) is 0.244. The van der Waals surface area contributed by atoms with Gasteiger partial charge in [0, 0.05) is 11.1 Å². The van der Waals surface area contributed by atoms with Crippen molar-refractivity contribution in [1.82, 2.24) is 0 Å². The third kappa shape index (κ3) is 2.23. The molecule has 5 rings (SSSR count). The highest BCUT2D eigenvalue weighted by atomic mass is 35.5. The lowest BCUT2D eigenvalue weighted by atomic mass is 9.77. The Labute approximate surface area is 177 Å². The van der Waals surface area contributed by atoms with Crippen LogP contribution in [0.25, 0.3) is 0 Å². The van der Waals surface area contributed by atoms with Crippen LogP contribution in [-0.4, -0.2) is 35.1 Å². The van der Waals surface area contributed by atoms with Crippen LogP contribution < -0.4 is 4.90 Å². The quantitative estimate of drug-likeness (QED) is 0.558. The summed E-state index contributed by atoms with van der Waals surface area (Å²) in [7, 11) is 0. The van der Waals surface area contributed by atoms with E-state index in [1.165, 1.54) is 0 Å². The molecule has 3 atom stereocenters. The minimum absolute atomic E-state index is 0.231. The van der Waals surface area contributed by atoms with Crippen molar-refractivity contribution in [3.05, 3.63) is 64.7 Å². The summed E-state index contributed by atoms with van der Waals surface area (Å²) in [6.07, 6.45) is 0.424. The van der Waals surface area contributed by atoms with E-state index in [0.717, 1.165) is 4.90 Å². The van der Waals surface area contributed by atoms with Gasteiger partial charge in [0.1, 0.15) is 0 Å². The van der Waals surface area contributed by atoms with Crippen LogP contribution in [0, 0.1) is 11.8 Å². The Balaban J connectivity index is 1.68. The molecule has 1 spiro atoms. The molecule has 6 nitrogen and oxygen atoms in total. The van der Waals surface area contributed by atoms with Crippen LogP contribution >= 0.6 is 11.6 Å². The number of amides is 2. The van der Waals surface area contributed by atoms with Gasteiger partial charge in [-0.25, -0.2) is 4.90 Å². The summed E-state index contributed by atoms with van der Waals surface area (Å²) < 4.78 is 6.08. The van der Waals surface area contributed by atoms with E-state index in [-0.39, 0.29) is 21.8 Å². The second-order valence-electron chi connectivity index (χ2n) is 7.85. The number of carbonyl (C=O) groups excluding carboxylic acids is 4. The second kappa shape index (κ2) is 6.59. The van der Waals surface area contributed by atoms with Crippen molar-refractivity contribution in [1.29, 1.82) is 0 Å². The summed E-state index contributed by atoms with van der Waals surface area (Å²) >= 11 is 6.26. The van der Waals surface area contributed by atoms with Crippen molar-refractivity contribution in [3.63, 3.8) is 0 Å². The van der Waals surface area contributed by atoms with Gasteiger partial charge in [-0.3, -0.25) is 19.2 Å². The van der Waals surface area contributed by atoms with Crippen LogP contribution in [-0.2, 0) is 14.3 Å². The molecule has 0 bridgehead atoms. The summed E-state index contributed by atoms with van der Waals surface area (Å²) in [6.45, 7) is 1.92. The highest BCUT2D eigenvalue weighted by molar-refractivity contribution is 6.39. The molecule has 0 N–H and O–H groups in total. The Morgan fingerprint density at radius 2 is 1.53 bits per heavy atom. The molecule has 2 heterocycles. The molecule has 30 heavy (non-hydrogen) atoms. The molecule has 3 aliphatic rings. The number of halogens is 1. The summed E-state index contributed by atoms with van der Waals surface area (Å²) in [5.41, 5.74) is -1.27. The predicted molar refractivity (Wildman–Crippen MR) is 109 cm³/mol. The van der Waals surface area contributed by atoms with Crippen molar-refractivity contribution in [2.45, 2.75) is 31.5 Å². The number of hydrogen-bond donors (Lipinski definition) is 0. The maximum absolute atomic E-state index is 13.6. The number of fused-ring (bicyclic) bond motifs is 3. The fraction of sp³-hybridized carbons (Fsp3) is 0.304. The SMILES string of the molecule is CCC[C@H]1OC2(C(=O)c3ccccc3C2=O)[C@H]2C(=O)N(c3ccccc3Cl)C(=O)[C@@H]12. The van der Waals surface area contributed by atoms with Gasteiger partial charge in [-0.15, -0.1) is 0 Å². The highest BCUT2D eigenvalue weighted by Gasteiger charge is 2.74. The number of hydrogen-bond acceptors (Lipinski definition) is 5. The third-order valence-corrected chi connectivity index (χ3v) is 6.60. The number of benzene rings is 2. The molecule has 0 saturated carbocycles. The monoisotopic (exact) mass is 423 g/mol. The highest BCUT2D eigenvalue weighted by Crippen LogP contribution is 2.54. The van der Waals surface area contributed by atoms with Crippen molar-refractivity contribution in [2.24, 2.45) is 11.8 Å². The Kier molecular flexibility index (Phi) is 4.21. The predicted octanol–water partition coefficient (Wildman–Crippen LogP) is 3.46. The minimum Gasteiger partial charge on any atom is -0.354 e. The molecular formula is C23H18ClNO5. The minimum atomic E-state index is -1.99. The number of nitrogens with zero attached hydrogens (tertiary/aromatic N) is 1. The first-order valence-corrected chi connectivity index (χ1v) is 10.3. The molecule has 2 amide bonds. The lowest BCUT2D eigenvalue weighted by Gasteiger charge is -2.27. The molecule has 0 radical (unpaired) electrons. The maximum atomic E-state index is 13.6. The largest absolute Gasteiger partial charge is 0.354 e. The first-order chi connectivity index (χ1) is 14.4. The van der Waals surface area contributed by atoms with Crippen molar-refractivity contribution in [3.8, 4) is 0 Å². The average Bonchev–Trinajstić information content (AvgIpc) is 3.29. The Morgan fingerprint density at radius 3 is 2.13 bits per heavy atom. The van der Waals surface area contributed by atoms with E-state index >= 15 is 0 Å². The zero-order chi connectivity index (χ0) is 21.2. The van der Waals surface area contributed by atoms with E-state index in [1.54, 1.807) is 48.5 Å². The molecule has 0 aromatic heterocycles. The number of ketones is 2. The zero-order valence-corrected chi connectivity index (χ0v) is 16.9. The van der Waals surface area contributed by atoms with Crippen molar-refractivity contribution in [2.75, 3.05) is 4.90 Å². The normalized spacial score (nSPS) is 26.6. The van der Waals surface area contributed by atoms with E-state index in [9.17, 15) is 19.2 Å². The number of carbonyl (C=O) groups is 4. The molecule has 1 aliphatic carbocycles. The van der Waals surface area contributed by atoms with Gasteiger partial charge < -0.3 is 4.74 Å². The second-order valence-corrected chi connectivity index (χ2v) is 8.26. The van der Waals surface area contributed by atoms with Crippen LogP contribution in [0.15, 0.2) is 48.5 Å². The first-order valence-electron chi connectivity index (χ1n) is 9.92. The molecule has 152 valence electrons. The van der Waals surface area contributed by atoms with Gasteiger partial charge in [0.05, 0.1) is 28.6 Å². The van der Waals surface area contributed by atoms with E-state index in [2.05, 4.69) is 0 Å². The topological polar surface area (TPSA) is 80.8 Å². The smallest absolute Gasteiger partial charge is 0.241 e. The van der Waals surface area contributed by atoms with Crippen molar-refractivity contribution < 1.29 is 23.9 Å². The molecule has 7 heteroatoms. The van der Waals surface area contributed by atoms with E-state index in [4.69, 9.17) is 16.3 Å². The maximum Gasteiger partial charge on any atom is 0.241 e. The fourth-order valence-electron chi connectivity index (χ4n) is 5.04. The van der Waals surface area contributed by atoms with Gasteiger partial charge in [-0.1, -0.05) is 61.3 Å². The van der Waals surface area contributed by atoms with Crippen LogP contribution in [0.5, 0.6) is 0 Å². The molecule has 2 aromatic carbocycles. The van der Waals surface area contributed by atoms with Gasteiger partial charge >= 0.3 is 0 Å². The van der Waals surface area contributed by atoms with Crippen LogP contribution in [0.3, 0.4) is 0 Å². The van der Waals surface area contributed by atoms with E-state index < -0.39 is 46.9 Å². The van der Waals surface area contributed by atoms with Gasteiger partial charge in [0.2, 0.25) is 29.0 Å². The molecular weight excluding hydrogens is 406 g/mol. The summed E-state index contributed by atoms with van der Waals surface area (Å²) in [5.74, 6) is -4.30. The fourth-order valence-corrected chi connectivity index (χ4v) is 5.26. The Morgan fingerprint density at radius 1 is 0.933 bits per heavy atom. The standard InChI is InChI=1S/C23H18ClNO5/c1-2-7-16-17-18(22(29)25(21(17)28)15-11-6-5-10-14(15)24)23(30-16)19(26)12-8-3-4-9-13(12)20(23)27/h3-6,8-11,16-18H,2,7H2,1H3/t16-,17+,18-/m1/s1. The number of ether oxygens (including phenoxy) is 1. The lowest BCUT2D eigenvalue weighted by molar-refractivity contribution is -0.127. The number of Topliss-reactive ketones (excluding diaryl/α,β-unsaturated/α-hetero) is 2. The van der Waals surface area contributed by atoms with Gasteiger partial charge in [0.15, 0.2) is 0 Å².